The van der Waals surface area contributed by atoms with Gasteiger partial charge in [-0.3, -0.25) is 4.79 Å². The summed E-state index contributed by atoms with van der Waals surface area (Å²) in [4.78, 5) is 17.9. The van der Waals surface area contributed by atoms with Crippen LogP contribution in [0.2, 0.25) is 0 Å². The number of hydrogen-bond donors (Lipinski definition) is 3. The minimum Gasteiger partial charge on any atom is -0.394 e. The predicted octanol–water partition coefficient (Wildman–Crippen LogP) is 5.60. The van der Waals surface area contributed by atoms with Crippen molar-refractivity contribution in [2.45, 2.75) is 71.8 Å². The van der Waals surface area contributed by atoms with Crippen LogP contribution in [0.1, 0.15) is 65.7 Å². The van der Waals surface area contributed by atoms with E-state index in [-0.39, 0.29) is 29.4 Å². The lowest BCUT2D eigenvalue weighted by atomic mass is 9.49. The van der Waals surface area contributed by atoms with Gasteiger partial charge in [0.2, 0.25) is 5.91 Å². The van der Waals surface area contributed by atoms with E-state index in [0.717, 1.165) is 40.2 Å². The highest BCUT2D eigenvalue weighted by Gasteiger charge is 2.51. The first kappa shape index (κ1) is 21.7. The average molecular weight is 436 g/mol. The zero-order valence-corrected chi connectivity index (χ0v) is 19.7. The number of aromatic nitrogens is 1. The maximum Gasteiger partial charge on any atom is 0.224 e. The summed E-state index contributed by atoms with van der Waals surface area (Å²) in [6.07, 6.45) is 8.61. The average Bonchev–Trinajstić information content (AvgIpc) is 2.69. The van der Waals surface area contributed by atoms with Gasteiger partial charge in [-0.15, -0.1) is 0 Å². The summed E-state index contributed by atoms with van der Waals surface area (Å²) in [6.45, 7) is 6.34. The van der Waals surface area contributed by atoms with E-state index in [1.165, 1.54) is 38.5 Å². The number of hydrogen-bond acceptors (Lipinski definition) is 4. The highest BCUT2D eigenvalue weighted by molar-refractivity contribution is 6.01. The highest BCUT2D eigenvalue weighted by Crippen LogP contribution is 2.61. The molecule has 2 aromatic rings. The van der Waals surface area contributed by atoms with Gasteiger partial charge in [0.1, 0.15) is 5.82 Å². The van der Waals surface area contributed by atoms with E-state index in [9.17, 15) is 9.90 Å². The van der Waals surface area contributed by atoms with E-state index in [4.69, 9.17) is 4.98 Å². The lowest BCUT2D eigenvalue weighted by Crippen LogP contribution is -2.47. The largest absolute Gasteiger partial charge is 0.394 e. The summed E-state index contributed by atoms with van der Waals surface area (Å²) in [5.74, 6) is 3.46. The fraction of sp³-hybridized carbons (Fsp3) is 0.630. The number of aliphatic hydroxyl groups is 1. The van der Waals surface area contributed by atoms with Crippen LogP contribution >= 0.6 is 0 Å². The van der Waals surface area contributed by atoms with Gasteiger partial charge in [0, 0.05) is 11.8 Å². The van der Waals surface area contributed by atoms with Crippen molar-refractivity contribution in [2.24, 2.45) is 28.6 Å². The Hall–Kier alpha value is -2.14. The summed E-state index contributed by atoms with van der Waals surface area (Å²) in [7, 11) is 0. The lowest BCUT2D eigenvalue weighted by Gasteiger charge is -2.56. The van der Waals surface area contributed by atoms with Gasteiger partial charge in [0.05, 0.1) is 23.9 Å². The highest BCUT2D eigenvalue weighted by atomic mass is 16.3. The van der Waals surface area contributed by atoms with Crippen LogP contribution in [0, 0.1) is 28.6 Å². The minimum absolute atomic E-state index is 0.0453. The summed E-state index contributed by atoms with van der Waals surface area (Å²) in [5, 5.41) is 17.3. The van der Waals surface area contributed by atoms with Gasteiger partial charge in [-0.1, -0.05) is 26.8 Å². The Kier molecular flexibility index (Phi) is 5.43. The monoisotopic (exact) mass is 435 g/mol. The van der Waals surface area contributed by atoms with Crippen LogP contribution in [0.4, 0.5) is 11.5 Å². The zero-order valence-electron chi connectivity index (χ0n) is 19.7. The van der Waals surface area contributed by atoms with Gasteiger partial charge in [-0.05, 0) is 91.4 Å². The third-order valence-electron chi connectivity index (χ3n) is 8.26. The van der Waals surface area contributed by atoms with Crippen molar-refractivity contribution in [1.82, 2.24) is 4.98 Å². The summed E-state index contributed by atoms with van der Waals surface area (Å²) in [5.41, 5.74) is 1.84. The molecule has 0 spiro atoms. The van der Waals surface area contributed by atoms with Crippen LogP contribution in [-0.4, -0.2) is 28.6 Å². The second-order valence-corrected chi connectivity index (χ2v) is 12.0. The number of carbonyl (C=O) groups excluding carboxylic acids is 1. The number of benzene rings is 1. The van der Waals surface area contributed by atoms with Crippen molar-refractivity contribution in [3.63, 3.8) is 0 Å². The molecular weight excluding hydrogens is 398 g/mol. The molecule has 5 heteroatoms. The smallest absolute Gasteiger partial charge is 0.224 e. The topological polar surface area (TPSA) is 74.2 Å². The molecule has 0 unspecified atom stereocenters. The van der Waals surface area contributed by atoms with Crippen LogP contribution in [0.15, 0.2) is 30.3 Å². The maximum absolute atomic E-state index is 13.1. The molecule has 4 aliphatic rings. The Morgan fingerprint density at radius 3 is 2.34 bits per heavy atom. The van der Waals surface area contributed by atoms with Gasteiger partial charge in [0.25, 0.3) is 0 Å². The van der Waals surface area contributed by atoms with Crippen molar-refractivity contribution in [2.75, 3.05) is 17.2 Å². The molecule has 5 nitrogen and oxygen atoms in total. The molecule has 32 heavy (non-hydrogen) atoms. The van der Waals surface area contributed by atoms with E-state index in [2.05, 4.69) is 31.4 Å². The molecule has 1 atom stereocenters. The van der Waals surface area contributed by atoms with Crippen LogP contribution in [0.5, 0.6) is 0 Å². The van der Waals surface area contributed by atoms with Gasteiger partial charge in [-0.2, -0.15) is 0 Å². The second-order valence-electron chi connectivity index (χ2n) is 12.0. The van der Waals surface area contributed by atoms with Crippen molar-refractivity contribution in [3.8, 4) is 0 Å². The number of anilines is 2. The van der Waals surface area contributed by atoms with Crippen molar-refractivity contribution in [1.29, 1.82) is 0 Å². The summed E-state index contributed by atoms with van der Waals surface area (Å²) in [6, 6.07) is 9.76. The molecule has 3 N–H and O–H groups in total. The molecule has 0 radical (unpaired) electrons. The van der Waals surface area contributed by atoms with Gasteiger partial charge >= 0.3 is 0 Å². The second kappa shape index (κ2) is 8.02. The number of carbonyl (C=O) groups is 1. The Balaban J connectivity index is 1.31. The normalized spacial score (nSPS) is 29.8. The Bertz CT molecular complexity index is 974. The Morgan fingerprint density at radius 2 is 1.75 bits per heavy atom. The Labute approximate surface area is 191 Å². The molecule has 1 aromatic heterocycles. The van der Waals surface area contributed by atoms with Crippen LogP contribution < -0.4 is 10.6 Å². The van der Waals surface area contributed by atoms with Crippen LogP contribution in [0.25, 0.3) is 10.9 Å². The standard InChI is InChI=1S/C27H37N3O2/c1-26(2,3)23(16-31)30-24-8-7-20-21(28-24)5-4-6-22(20)29-25(32)15-27-12-17-9-18(13-27)11-19(10-17)14-27/h4-8,17-19,23,31H,9-16H2,1-3H3,(H,28,30)(H,29,32)/t17?,18?,19?,23-,27?/m0/s1. The van der Waals surface area contributed by atoms with E-state index in [1.54, 1.807) is 0 Å². The van der Waals surface area contributed by atoms with Crippen molar-refractivity contribution >= 4 is 28.3 Å². The van der Waals surface area contributed by atoms with Gasteiger partial charge < -0.3 is 15.7 Å². The number of nitrogens with one attached hydrogen (secondary N) is 2. The van der Waals surface area contributed by atoms with Gasteiger partial charge in [0.15, 0.2) is 0 Å². The number of amides is 1. The fourth-order valence-corrected chi connectivity index (χ4v) is 7.10. The molecule has 1 amide bonds. The number of pyridine rings is 1. The SMILES string of the molecule is CC(C)(C)[C@H](CO)Nc1ccc2c(NC(=O)CC34CC5CC(CC(C5)C3)C4)cccc2n1. The third kappa shape index (κ3) is 4.24. The van der Waals surface area contributed by atoms with Crippen molar-refractivity contribution in [3.05, 3.63) is 30.3 Å². The van der Waals surface area contributed by atoms with E-state index < -0.39 is 0 Å². The quantitative estimate of drug-likeness (QED) is 0.552. The number of nitrogens with zero attached hydrogens (tertiary/aromatic N) is 1. The minimum atomic E-state index is -0.0874. The molecule has 0 saturated heterocycles. The van der Waals surface area contributed by atoms with E-state index >= 15 is 0 Å². The first-order chi connectivity index (χ1) is 15.2. The lowest BCUT2D eigenvalue weighted by molar-refractivity contribution is -0.124. The number of rotatable bonds is 6. The van der Waals surface area contributed by atoms with E-state index in [0.29, 0.717) is 6.42 Å². The molecule has 172 valence electrons. The first-order valence-corrected chi connectivity index (χ1v) is 12.3. The van der Waals surface area contributed by atoms with Gasteiger partial charge in [-0.25, -0.2) is 4.98 Å². The molecule has 4 aliphatic carbocycles. The molecule has 4 bridgehead atoms. The fourth-order valence-electron chi connectivity index (χ4n) is 7.10. The molecule has 6 rings (SSSR count). The zero-order chi connectivity index (χ0) is 22.5. The number of fused-ring (bicyclic) bond motifs is 1. The first-order valence-electron chi connectivity index (χ1n) is 12.3. The Morgan fingerprint density at radius 1 is 1.09 bits per heavy atom. The third-order valence-corrected chi connectivity index (χ3v) is 8.26. The molecule has 4 saturated carbocycles. The number of aliphatic hydroxyl groups excluding tert-OH is 1. The maximum atomic E-state index is 13.1. The molecule has 1 heterocycles. The van der Waals surface area contributed by atoms with Crippen molar-refractivity contribution < 1.29 is 9.90 Å². The summed E-state index contributed by atoms with van der Waals surface area (Å²) >= 11 is 0. The summed E-state index contributed by atoms with van der Waals surface area (Å²) < 4.78 is 0. The molecule has 0 aliphatic heterocycles. The van der Waals surface area contributed by atoms with Crippen LogP contribution in [0.3, 0.4) is 0 Å². The molecule has 1 aromatic carbocycles. The molecular formula is C27H37N3O2. The van der Waals surface area contributed by atoms with Crippen LogP contribution in [-0.2, 0) is 4.79 Å². The van der Waals surface area contributed by atoms with E-state index in [1.807, 2.05) is 30.3 Å². The predicted molar refractivity (Wildman–Crippen MR) is 130 cm³/mol. The molecule has 4 fully saturated rings.